The summed E-state index contributed by atoms with van der Waals surface area (Å²) < 4.78 is 78.5. The van der Waals surface area contributed by atoms with Crippen LogP contribution >= 0.6 is 0 Å². The van der Waals surface area contributed by atoms with Crippen molar-refractivity contribution in [3.63, 3.8) is 0 Å². The van der Waals surface area contributed by atoms with Crippen molar-refractivity contribution >= 4 is 37.3 Å². The first-order valence-electron chi connectivity index (χ1n) is 7.98. The van der Waals surface area contributed by atoms with Crippen LogP contribution in [0.4, 0.5) is 20.2 Å². The van der Waals surface area contributed by atoms with Gasteiger partial charge in [-0.15, -0.1) is 0 Å². The number of halogens is 2. The van der Waals surface area contributed by atoms with Gasteiger partial charge in [0, 0.05) is 6.07 Å². The lowest BCUT2D eigenvalue weighted by Crippen LogP contribution is -2.32. The van der Waals surface area contributed by atoms with Crippen LogP contribution in [0.3, 0.4) is 0 Å². The topological polar surface area (TPSA) is 101 Å². The zero-order valence-corrected chi connectivity index (χ0v) is 16.4. The van der Waals surface area contributed by atoms with E-state index in [9.17, 15) is 30.4 Å². The molecule has 1 aliphatic heterocycles. The lowest BCUT2D eigenvalue weighted by molar-refractivity contribution is -0.123. The Labute approximate surface area is 161 Å². The molecule has 0 bridgehead atoms. The van der Waals surface area contributed by atoms with E-state index in [2.05, 4.69) is 0 Å². The van der Waals surface area contributed by atoms with E-state index < -0.39 is 43.0 Å². The van der Waals surface area contributed by atoms with E-state index in [1.165, 1.54) is 26.0 Å². The van der Waals surface area contributed by atoms with Crippen molar-refractivity contribution in [1.82, 2.24) is 0 Å². The van der Waals surface area contributed by atoms with Gasteiger partial charge in [-0.2, -0.15) is 0 Å². The number of nitrogens with one attached hydrogen (secondary N) is 1. The quantitative estimate of drug-likeness (QED) is 0.803. The molecule has 0 saturated carbocycles. The predicted molar refractivity (Wildman–Crippen MR) is 98.7 cm³/mol. The van der Waals surface area contributed by atoms with Crippen LogP contribution in [0.2, 0.25) is 0 Å². The van der Waals surface area contributed by atoms with Crippen molar-refractivity contribution in [3.8, 4) is 0 Å². The van der Waals surface area contributed by atoms with Gasteiger partial charge in [0.1, 0.15) is 11.6 Å². The van der Waals surface area contributed by atoms with Gasteiger partial charge in [0.05, 0.1) is 27.4 Å². The molecule has 0 atom stereocenters. The SMILES string of the molecule is CC1(C)CS(=O)(=O)N(c2ccc(S(=O)(=O)Nc3cc(F)cc(F)c3)cc2)C1=O. The summed E-state index contributed by atoms with van der Waals surface area (Å²) in [6.45, 7) is 3.02. The molecule has 1 amide bonds. The first-order valence-corrected chi connectivity index (χ1v) is 11.1. The summed E-state index contributed by atoms with van der Waals surface area (Å²) in [6.07, 6.45) is 0. The fraction of sp³-hybridized carbons (Fsp3) is 0.235. The molecule has 7 nitrogen and oxygen atoms in total. The van der Waals surface area contributed by atoms with Gasteiger partial charge in [-0.05, 0) is 50.2 Å². The summed E-state index contributed by atoms with van der Waals surface area (Å²) in [7, 11) is -8.06. The van der Waals surface area contributed by atoms with E-state index in [0.717, 1.165) is 24.3 Å². The summed E-state index contributed by atoms with van der Waals surface area (Å²) in [5.74, 6) is -2.87. The van der Waals surface area contributed by atoms with Gasteiger partial charge < -0.3 is 0 Å². The van der Waals surface area contributed by atoms with Crippen LogP contribution in [0.5, 0.6) is 0 Å². The first-order chi connectivity index (χ1) is 12.8. The van der Waals surface area contributed by atoms with Crippen LogP contribution in [0.1, 0.15) is 13.8 Å². The Bertz CT molecular complexity index is 1140. The summed E-state index contributed by atoms with van der Waals surface area (Å²) in [6, 6.07) is 6.78. The minimum Gasteiger partial charge on any atom is -0.279 e. The van der Waals surface area contributed by atoms with E-state index in [-0.39, 0.29) is 22.0 Å². The Hall–Kier alpha value is -2.53. The van der Waals surface area contributed by atoms with Gasteiger partial charge in [0.2, 0.25) is 15.9 Å². The average molecular weight is 430 g/mol. The molecule has 1 aliphatic rings. The van der Waals surface area contributed by atoms with E-state index in [1.807, 2.05) is 4.72 Å². The zero-order valence-electron chi connectivity index (χ0n) is 14.8. The van der Waals surface area contributed by atoms with Crippen molar-refractivity contribution in [1.29, 1.82) is 0 Å². The number of carbonyl (C=O) groups is 1. The number of sulfonamides is 2. The number of benzene rings is 2. The molecule has 0 unspecified atom stereocenters. The molecule has 1 saturated heterocycles. The molecule has 0 aliphatic carbocycles. The summed E-state index contributed by atoms with van der Waals surface area (Å²) in [5.41, 5.74) is -1.39. The number of hydrogen-bond donors (Lipinski definition) is 1. The molecular weight excluding hydrogens is 414 g/mol. The lowest BCUT2D eigenvalue weighted by atomic mass is 9.95. The van der Waals surface area contributed by atoms with E-state index in [1.54, 1.807) is 0 Å². The van der Waals surface area contributed by atoms with Gasteiger partial charge in [0.15, 0.2) is 0 Å². The monoisotopic (exact) mass is 430 g/mol. The molecule has 0 aromatic heterocycles. The van der Waals surface area contributed by atoms with Crippen LogP contribution in [0.25, 0.3) is 0 Å². The van der Waals surface area contributed by atoms with Crippen molar-refractivity contribution in [2.45, 2.75) is 18.7 Å². The van der Waals surface area contributed by atoms with Gasteiger partial charge in [-0.1, -0.05) is 0 Å². The first kappa shape index (κ1) is 20.2. The van der Waals surface area contributed by atoms with Gasteiger partial charge in [-0.25, -0.2) is 29.9 Å². The highest BCUT2D eigenvalue weighted by atomic mass is 32.2. The third-order valence-corrected chi connectivity index (χ3v) is 7.50. The number of anilines is 2. The molecule has 28 heavy (non-hydrogen) atoms. The second kappa shape index (κ2) is 6.52. The molecule has 3 rings (SSSR count). The molecular formula is C17H16F2N2O5S2. The smallest absolute Gasteiger partial charge is 0.261 e. The number of rotatable bonds is 4. The largest absolute Gasteiger partial charge is 0.279 e. The second-order valence-corrected chi connectivity index (χ2v) is 10.5. The Morgan fingerprint density at radius 2 is 1.57 bits per heavy atom. The summed E-state index contributed by atoms with van der Waals surface area (Å²) in [4.78, 5) is 12.1. The van der Waals surface area contributed by atoms with E-state index >= 15 is 0 Å². The number of nitrogens with zero attached hydrogens (tertiary/aromatic N) is 1. The molecule has 1 N–H and O–H groups in total. The van der Waals surface area contributed by atoms with Crippen LogP contribution in [0, 0.1) is 17.0 Å². The zero-order chi connectivity index (χ0) is 20.9. The Kier molecular flexibility index (Phi) is 4.71. The van der Waals surface area contributed by atoms with E-state index in [0.29, 0.717) is 10.4 Å². The van der Waals surface area contributed by atoms with Crippen molar-refractivity contribution in [3.05, 3.63) is 54.1 Å². The van der Waals surface area contributed by atoms with Crippen LogP contribution in [-0.4, -0.2) is 28.5 Å². The van der Waals surface area contributed by atoms with Gasteiger partial charge in [0.25, 0.3) is 10.0 Å². The standard InChI is InChI=1S/C17H16F2N2O5S2/c1-17(2)10-27(23,24)21(16(17)22)14-3-5-15(6-4-14)28(25,26)20-13-8-11(18)7-12(19)9-13/h3-9,20H,10H2,1-2H3. The van der Waals surface area contributed by atoms with Crippen molar-refractivity contribution < 1.29 is 30.4 Å². The summed E-state index contributed by atoms with van der Waals surface area (Å²) in [5, 5.41) is 0. The highest BCUT2D eigenvalue weighted by Crippen LogP contribution is 2.36. The molecule has 0 spiro atoms. The van der Waals surface area contributed by atoms with Gasteiger partial charge >= 0.3 is 0 Å². The third kappa shape index (κ3) is 3.72. The third-order valence-electron chi connectivity index (χ3n) is 4.08. The second-order valence-electron chi connectivity index (χ2n) is 6.97. The fourth-order valence-corrected chi connectivity index (χ4v) is 6.00. The van der Waals surface area contributed by atoms with Crippen molar-refractivity contribution in [2.24, 2.45) is 5.41 Å². The maximum atomic E-state index is 13.2. The Morgan fingerprint density at radius 1 is 1.04 bits per heavy atom. The molecule has 11 heteroatoms. The molecule has 1 fully saturated rings. The lowest BCUT2D eigenvalue weighted by Gasteiger charge is -2.17. The molecule has 1 heterocycles. The number of amides is 1. The molecule has 2 aromatic carbocycles. The van der Waals surface area contributed by atoms with Gasteiger partial charge in [-0.3, -0.25) is 9.52 Å². The Morgan fingerprint density at radius 3 is 2.04 bits per heavy atom. The number of carbonyl (C=O) groups excluding carboxylic acids is 1. The maximum Gasteiger partial charge on any atom is 0.261 e. The molecule has 2 aromatic rings. The minimum absolute atomic E-state index is 0.00586. The molecule has 150 valence electrons. The highest BCUT2D eigenvalue weighted by molar-refractivity contribution is 7.94. The number of hydrogen-bond acceptors (Lipinski definition) is 5. The Balaban J connectivity index is 1.91. The minimum atomic E-state index is -4.19. The van der Waals surface area contributed by atoms with E-state index in [4.69, 9.17) is 0 Å². The normalized spacial score (nSPS) is 18.3. The average Bonchev–Trinajstić information content (AvgIpc) is 2.69. The van der Waals surface area contributed by atoms with Crippen LogP contribution in [-0.2, 0) is 24.8 Å². The predicted octanol–water partition coefficient (Wildman–Crippen LogP) is 2.47. The van der Waals surface area contributed by atoms with Crippen LogP contribution < -0.4 is 9.03 Å². The van der Waals surface area contributed by atoms with Crippen LogP contribution in [0.15, 0.2) is 47.4 Å². The maximum absolute atomic E-state index is 13.2. The molecule has 0 radical (unpaired) electrons. The fourth-order valence-electron chi connectivity index (χ4n) is 2.85. The summed E-state index contributed by atoms with van der Waals surface area (Å²) >= 11 is 0. The van der Waals surface area contributed by atoms with Crippen molar-refractivity contribution in [2.75, 3.05) is 14.8 Å². The highest BCUT2D eigenvalue weighted by Gasteiger charge is 2.49.